The molecule has 1 fully saturated rings. The lowest BCUT2D eigenvalue weighted by Crippen LogP contribution is -2.49. The molecule has 1 atom stereocenters. The number of hydrogen-bond acceptors (Lipinski definition) is 5. The van der Waals surface area contributed by atoms with E-state index in [9.17, 15) is 4.79 Å². The topological polar surface area (TPSA) is 67.3 Å². The lowest BCUT2D eigenvalue weighted by atomic mass is 10.0. The van der Waals surface area contributed by atoms with E-state index >= 15 is 0 Å². The molecule has 6 nitrogen and oxygen atoms in total. The molecule has 0 aromatic carbocycles. The van der Waals surface area contributed by atoms with Gasteiger partial charge in [0.1, 0.15) is 0 Å². The lowest BCUT2D eigenvalue weighted by Gasteiger charge is -2.32. The first-order valence-electron chi connectivity index (χ1n) is 7.05. The summed E-state index contributed by atoms with van der Waals surface area (Å²) in [6.07, 6.45) is 3.16. The summed E-state index contributed by atoms with van der Waals surface area (Å²) in [6.45, 7) is 8.41. The van der Waals surface area contributed by atoms with Gasteiger partial charge in [0.2, 0.25) is 5.82 Å². The molecular formula is C14H22N4O2. The van der Waals surface area contributed by atoms with Crippen molar-refractivity contribution < 1.29 is 9.53 Å². The molecule has 0 radical (unpaired) electrons. The summed E-state index contributed by atoms with van der Waals surface area (Å²) in [5.74, 6) is 0.364. The maximum absolute atomic E-state index is 12.1. The number of carbonyl (C=O) groups excluding carboxylic acids is 1. The monoisotopic (exact) mass is 278 g/mol. The summed E-state index contributed by atoms with van der Waals surface area (Å²) in [4.78, 5) is 22.4. The van der Waals surface area contributed by atoms with Gasteiger partial charge in [-0.1, -0.05) is 13.8 Å². The van der Waals surface area contributed by atoms with Crippen LogP contribution in [0.4, 0.5) is 0 Å². The highest BCUT2D eigenvalue weighted by Gasteiger charge is 2.22. The van der Waals surface area contributed by atoms with Crippen LogP contribution in [-0.4, -0.2) is 59.7 Å². The number of hydrogen-bond donors (Lipinski definition) is 1. The second kappa shape index (κ2) is 7.31. The number of ether oxygens (including phenoxy) is 1. The van der Waals surface area contributed by atoms with Gasteiger partial charge in [0, 0.05) is 38.1 Å². The molecule has 1 aromatic rings. The van der Waals surface area contributed by atoms with E-state index in [2.05, 4.69) is 34.0 Å². The fourth-order valence-electron chi connectivity index (χ4n) is 2.13. The van der Waals surface area contributed by atoms with Crippen LogP contribution in [0.5, 0.6) is 0 Å². The van der Waals surface area contributed by atoms with E-state index in [0.717, 1.165) is 32.8 Å². The van der Waals surface area contributed by atoms with Crippen LogP contribution >= 0.6 is 0 Å². The Morgan fingerprint density at radius 2 is 2.00 bits per heavy atom. The van der Waals surface area contributed by atoms with Crippen molar-refractivity contribution in [2.45, 2.75) is 19.9 Å². The van der Waals surface area contributed by atoms with Crippen molar-refractivity contribution in [2.24, 2.45) is 5.92 Å². The smallest absolute Gasteiger partial charge is 0.289 e. The molecule has 0 spiro atoms. The average Bonchev–Trinajstić information content (AvgIpc) is 2.48. The van der Waals surface area contributed by atoms with E-state index in [1.54, 1.807) is 18.5 Å². The van der Waals surface area contributed by atoms with Gasteiger partial charge in [0.05, 0.1) is 13.2 Å². The molecule has 1 aromatic heterocycles. The maximum atomic E-state index is 12.1. The van der Waals surface area contributed by atoms with Crippen LogP contribution < -0.4 is 5.32 Å². The largest absolute Gasteiger partial charge is 0.379 e. The third kappa shape index (κ3) is 4.25. The molecule has 2 heterocycles. The van der Waals surface area contributed by atoms with Crippen LogP contribution in [0.25, 0.3) is 0 Å². The highest BCUT2D eigenvalue weighted by atomic mass is 16.5. The molecule has 1 N–H and O–H groups in total. The second-order valence-electron chi connectivity index (χ2n) is 5.31. The molecule has 110 valence electrons. The Balaban J connectivity index is 1.93. The molecule has 2 rings (SSSR count). The van der Waals surface area contributed by atoms with E-state index in [4.69, 9.17) is 4.74 Å². The number of nitrogens with zero attached hydrogens (tertiary/aromatic N) is 3. The van der Waals surface area contributed by atoms with Crippen LogP contribution in [0.2, 0.25) is 0 Å². The van der Waals surface area contributed by atoms with Crippen LogP contribution in [0.1, 0.15) is 24.5 Å². The lowest BCUT2D eigenvalue weighted by molar-refractivity contribution is 0.0307. The first-order chi connectivity index (χ1) is 9.66. The first kappa shape index (κ1) is 14.9. The first-order valence-corrected chi connectivity index (χ1v) is 7.05. The molecule has 0 aliphatic carbocycles. The zero-order chi connectivity index (χ0) is 14.4. The van der Waals surface area contributed by atoms with Crippen LogP contribution in [0, 0.1) is 5.92 Å². The zero-order valence-electron chi connectivity index (χ0n) is 12.1. The number of amides is 1. The summed E-state index contributed by atoms with van der Waals surface area (Å²) in [7, 11) is 0. The number of carbonyl (C=O) groups is 1. The van der Waals surface area contributed by atoms with Gasteiger partial charge in [-0.05, 0) is 12.0 Å². The number of nitrogens with one attached hydrogen (secondary N) is 1. The van der Waals surface area contributed by atoms with Crippen molar-refractivity contribution in [3.63, 3.8) is 0 Å². The Morgan fingerprint density at radius 3 is 2.60 bits per heavy atom. The van der Waals surface area contributed by atoms with Crippen molar-refractivity contribution in [1.82, 2.24) is 20.2 Å². The number of morpholine rings is 1. The number of aromatic nitrogens is 2. The SMILES string of the molecule is CC(C)C(CN1CCOCC1)NC(=O)c1ncccn1. The van der Waals surface area contributed by atoms with Crippen molar-refractivity contribution in [2.75, 3.05) is 32.8 Å². The second-order valence-corrected chi connectivity index (χ2v) is 5.31. The summed E-state index contributed by atoms with van der Waals surface area (Å²) in [5.41, 5.74) is 0. The predicted molar refractivity (Wildman–Crippen MR) is 75.4 cm³/mol. The summed E-state index contributed by atoms with van der Waals surface area (Å²) >= 11 is 0. The van der Waals surface area contributed by atoms with Gasteiger partial charge in [0.15, 0.2) is 0 Å². The Bertz CT molecular complexity index is 418. The van der Waals surface area contributed by atoms with E-state index in [1.165, 1.54) is 0 Å². The van der Waals surface area contributed by atoms with Gasteiger partial charge < -0.3 is 10.1 Å². The molecule has 0 bridgehead atoms. The normalized spacial score (nSPS) is 17.9. The highest BCUT2D eigenvalue weighted by molar-refractivity contribution is 5.90. The quantitative estimate of drug-likeness (QED) is 0.852. The van der Waals surface area contributed by atoms with Crippen LogP contribution in [-0.2, 0) is 4.74 Å². The van der Waals surface area contributed by atoms with Gasteiger partial charge in [-0.25, -0.2) is 9.97 Å². The average molecular weight is 278 g/mol. The minimum absolute atomic E-state index is 0.0874. The van der Waals surface area contributed by atoms with Crippen molar-refractivity contribution in [1.29, 1.82) is 0 Å². The Morgan fingerprint density at radius 1 is 1.35 bits per heavy atom. The highest BCUT2D eigenvalue weighted by Crippen LogP contribution is 2.07. The van der Waals surface area contributed by atoms with Crippen molar-refractivity contribution in [3.05, 3.63) is 24.3 Å². The van der Waals surface area contributed by atoms with Crippen LogP contribution in [0.3, 0.4) is 0 Å². The van der Waals surface area contributed by atoms with E-state index in [0.29, 0.717) is 5.92 Å². The minimum atomic E-state index is -0.211. The fourth-order valence-corrected chi connectivity index (χ4v) is 2.13. The van der Waals surface area contributed by atoms with Gasteiger partial charge in [-0.2, -0.15) is 0 Å². The zero-order valence-corrected chi connectivity index (χ0v) is 12.1. The van der Waals surface area contributed by atoms with Crippen molar-refractivity contribution in [3.8, 4) is 0 Å². The third-order valence-electron chi connectivity index (χ3n) is 3.45. The number of rotatable bonds is 5. The maximum Gasteiger partial charge on any atom is 0.289 e. The Labute approximate surface area is 119 Å². The van der Waals surface area contributed by atoms with Gasteiger partial charge in [-0.3, -0.25) is 9.69 Å². The molecule has 1 saturated heterocycles. The fraction of sp³-hybridized carbons (Fsp3) is 0.643. The molecule has 1 amide bonds. The standard InChI is InChI=1S/C14H22N4O2/c1-11(2)12(10-18-6-8-20-9-7-18)17-14(19)13-15-4-3-5-16-13/h3-5,11-12H,6-10H2,1-2H3,(H,17,19). The molecule has 20 heavy (non-hydrogen) atoms. The van der Waals surface area contributed by atoms with E-state index < -0.39 is 0 Å². The molecule has 1 unspecified atom stereocenters. The minimum Gasteiger partial charge on any atom is -0.379 e. The summed E-state index contributed by atoms with van der Waals surface area (Å²) < 4.78 is 5.34. The Kier molecular flexibility index (Phi) is 5.43. The summed E-state index contributed by atoms with van der Waals surface area (Å²) in [5, 5.41) is 3.03. The van der Waals surface area contributed by atoms with Crippen LogP contribution in [0.15, 0.2) is 18.5 Å². The van der Waals surface area contributed by atoms with Gasteiger partial charge in [-0.15, -0.1) is 0 Å². The van der Waals surface area contributed by atoms with E-state index in [1.807, 2.05) is 0 Å². The molecular weight excluding hydrogens is 256 g/mol. The van der Waals surface area contributed by atoms with Gasteiger partial charge >= 0.3 is 0 Å². The molecule has 1 aliphatic heterocycles. The molecule has 0 saturated carbocycles. The molecule has 1 aliphatic rings. The van der Waals surface area contributed by atoms with E-state index in [-0.39, 0.29) is 17.8 Å². The predicted octanol–water partition coefficient (Wildman–Crippen LogP) is 0.563. The summed E-state index contributed by atoms with van der Waals surface area (Å²) in [6, 6.07) is 1.79. The van der Waals surface area contributed by atoms with Gasteiger partial charge in [0.25, 0.3) is 5.91 Å². The Hall–Kier alpha value is -1.53. The van der Waals surface area contributed by atoms with Crippen molar-refractivity contribution >= 4 is 5.91 Å². The third-order valence-corrected chi connectivity index (χ3v) is 3.45. The molecule has 6 heteroatoms.